The summed E-state index contributed by atoms with van der Waals surface area (Å²) in [6.07, 6.45) is 0. The van der Waals surface area contributed by atoms with E-state index in [4.69, 9.17) is 9.73 Å². The maximum Gasteiger partial charge on any atom is 0.266 e. The van der Waals surface area contributed by atoms with Crippen LogP contribution in [0, 0.1) is 6.92 Å². The number of carbonyl (C=O) groups is 3. The normalized spacial score (nSPS) is 16.1. The molecule has 3 aromatic rings. The van der Waals surface area contributed by atoms with Gasteiger partial charge in [-0.25, -0.2) is 4.90 Å². The number of carbonyl (C=O) groups excluding carboxylic acids is 3. The fourth-order valence-electron chi connectivity index (χ4n) is 4.26. The fourth-order valence-corrected chi connectivity index (χ4v) is 5.43. The molecule has 182 valence electrons. The van der Waals surface area contributed by atoms with Gasteiger partial charge in [0.15, 0.2) is 5.17 Å². The number of nitrogens with zero attached hydrogens (tertiary/aromatic N) is 3. The van der Waals surface area contributed by atoms with Crippen LogP contribution in [0.3, 0.4) is 0 Å². The van der Waals surface area contributed by atoms with Crippen molar-refractivity contribution in [1.82, 2.24) is 0 Å². The zero-order valence-electron chi connectivity index (χ0n) is 20.4. The van der Waals surface area contributed by atoms with Gasteiger partial charge in [-0.1, -0.05) is 30.0 Å². The van der Waals surface area contributed by atoms with E-state index in [2.05, 4.69) is 0 Å². The van der Waals surface area contributed by atoms with Gasteiger partial charge < -0.3 is 4.74 Å². The molecule has 0 N–H and O–H groups in total. The van der Waals surface area contributed by atoms with Gasteiger partial charge in [0.25, 0.3) is 17.7 Å². The van der Waals surface area contributed by atoms with Gasteiger partial charge in [0.1, 0.15) is 5.75 Å². The van der Waals surface area contributed by atoms with E-state index in [0.717, 1.165) is 16.2 Å². The van der Waals surface area contributed by atoms with Crippen LogP contribution in [0.4, 0.5) is 11.4 Å². The molecule has 0 radical (unpaired) electrons. The second kappa shape index (κ2) is 8.95. The van der Waals surface area contributed by atoms with Crippen LogP contribution in [-0.2, 0) is 0 Å². The first-order chi connectivity index (χ1) is 17.2. The van der Waals surface area contributed by atoms with E-state index in [1.165, 1.54) is 11.8 Å². The summed E-state index contributed by atoms with van der Waals surface area (Å²) in [6.45, 7) is 6.01. The van der Waals surface area contributed by atoms with Gasteiger partial charge in [-0.3, -0.25) is 24.3 Å². The monoisotopic (exact) mass is 499 g/mol. The standard InChI is InChI=1S/C28H25N3O4S/c1-17-9-14-23(35-4)22(15-17)31(27-29-28(2,3)16-36-27)24(32)18-10-12-19(13-11-18)30-25(33)20-7-5-6-8-21(20)26(30)34/h5-15H,16H2,1-4H3. The first-order valence-electron chi connectivity index (χ1n) is 11.5. The summed E-state index contributed by atoms with van der Waals surface area (Å²) in [7, 11) is 1.57. The quantitative estimate of drug-likeness (QED) is 0.453. The number of methoxy groups -OCH3 is 1. The Labute approximate surface area is 213 Å². The van der Waals surface area contributed by atoms with Crippen LogP contribution in [0.2, 0.25) is 0 Å². The van der Waals surface area contributed by atoms with Crippen LogP contribution in [0.5, 0.6) is 5.75 Å². The first kappa shape index (κ1) is 23.8. The molecule has 2 heterocycles. The van der Waals surface area contributed by atoms with Crippen molar-refractivity contribution in [2.45, 2.75) is 26.3 Å². The van der Waals surface area contributed by atoms with E-state index >= 15 is 0 Å². The highest BCUT2D eigenvalue weighted by molar-refractivity contribution is 8.14. The molecule has 0 atom stereocenters. The number of amides is 3. The van der Waals surface area contributed by atoms with Gasteiger partial charge in [-0.05, 0) is 74.9 Å². The minimum absolute atomic E-state index is 0.281. The molecule has 5 rings (SSSR count). The van der Waals surface area contributed by atoms with Crippen molar-refractivity contribution in [3.05, 3.63) is 89.0 Å². The molecule has 36 heavy (non-hydrogen) atoms. The highest BCUT2D eigenvalue weighted by Crippen LogP contribution is 2.37. The number of amidine groups is 1. The van der Waals surface area contributed by atoms with Crippen molar-refractivity contribution in [2.75, 3.05) is 22.7 Å². The molecule has 3 amide bonds. The van der Waals surface area contributed by atoms with Crippen molar-refractivity contribution < 1.29 is 19.1 Å². The van der Waals surface area contributed by atoms with Crippen LogP contribution in [-0.4, -0.2) is 41.3 Å². The number of ether oxygens (including phenoxy) is 1. The smallest absolute Gasteiger partial charge is 0.266 e. The molecular formula is C28H25N3O4S. The minimum atomic E-state index is -0.375. The second-order valence-corrected chi connectivity index (χ2v) is 10.3. The average molecular weight is 500 g/mol. The number of anilines is 2. The Morgan fingerprint density at radius 3 is 2.19 bits per heavy atom. The highest BCUT2D eigenvalue weighted by Gasteiger charge is 2.37. The topological polar surface area (TPSA) is 79.3 Å². The van der Waals surface area contributed by atoms with E-state index in [-0.39, 0.29) is 23.3 Å². The summed E-state index contributed by atoms with van der Waals surface area (Å²) in [6, 6.07) is 18.9. The molecule has 3 aromatic carbocycles. The third kappa shape index (κ3) is 4.07. The first-order valence-corrected chi connectivity index (χ1v) is 12.5. The molecule has 0 bridgehead atoms. The molecular weight excluding hydrogens is 474 g/mol. The van der Waals surface area contributed by atoms with E-state index in [1.54, 1.807) is 60.5 Å². The Bertz CT molecular complexity index is 1390. The van der Waals surface area contributed by atoms with E-state index in [1.807, 2.05) is 39.0 Å². The van der Waals surface area contributed by atoms with Crippen molar-refractivity contribution in [2.24, 2.45) is 4.99 Å². The number of fused-ring (bicyclic) bond motifs is 1. The van der Waals surface area contributed by atoms with Crippen molar-refractivity contribution in [3.8, 4) is 5.75 Å². The predicted octanol–water partition coefficient (Wildman–Crippen LogP) is 5.33. The minimum Gasteiger partial charge on any atom is -0.495 e. The number of benzene rings is 3. The largest absolute Gasteiger partial charge is 0.495 e. The number of hydrogen-bond acceptors (Lipinski definition) is 6. The van der Waals surface area contributed by atoms with Crippen molar-refractivity contribution >= 4 is 46.0 Å². The Hall–Kier alpha value is -3.91. The lowest BCUT2D eigenvalue weighted by Gasteiger charge is -2.25. The number of thioether (sulfide) groups is 1. The maximum atomic E-state index is 13.9. The fraction of sp³-hybridized carbons (Fsp3) is 0.214. The Morgan fingerprint density at radius 1 is 1.00 bits per heavy atom. The van der Waals surface area contributed by atoms with Crippen LogP contribution in [0.25, 0.3) is 0 Å². The third-order valence-corrected chi connectivity index (χ3v) is 7.47. The summed E-state index contributed by atoms with van der Waals surface area (Å²) in [5, 5.41) is 0.596. The zero-order valence-corrected chi connectivity index (χ0v) is 21.3. The summed E-state index contributed by atoms with van der Waals surface area (Å²) in [5.74, 6) is 0.277. The van der Waals surface area contributed by atoms with Gasteiger partial charge in [0.05, 0.1) is 35.2 Å². The van der Waals surface area contributed by atoms with Gasteiger partial charge in [-0.2, -0.15) is 0 Å². The van der Waals surface area contributed by atoms with Gasteiger partial charge >= 0.3 is 0 Å². The van der Waals surface area contributed by atoms with Crippen LogP contribution in [0.1, 0.15) is 50.5 Å². The molecule has 2 aliphatic heterocycles. The lowest BCUT2D eigenvalue weighted by molar-refractivity contribution is 0.0925. The molecule has 0 aliphatic carbocycles. The van der Waals surface area contributed by atoms with E-state index < -0.39 is 0 Å². The number of rotatable bonds is 4. The molecule has 0 fully saturated rings. The zero-order chi connectivity index (χ0) is 25.6. The second-order valence-electron chi connectivity index (χ2n) is 9.35. The number of hydrogen-bond donors (Lipinski definition) is 0. The highest BCUT2D eigenvalue weighted by atomic mass is 32.2. The molecule has 0 unspecified atom stereocenters. The molecule has 7 nitrogen and oxygen atoms in total. The Kier molecular flexibility index (Phi) is 5.92. The van der Waals surface area contributed by atoms with Gasteiger partial charge in [-0.15, -0.1) is 0 Å². The van der Waals surface area contributed by atoms with Crippen LogP contribution in [0.15, 0.2) is 71.7 Å². The summed E-state index contributed by atoms with van der Waals surface area (Å²) in [5.41, 5.74) is 2.84. The number of aliphatic imine (C=N–C) groups is 1. The predicted molar refractivity (Wildman–Crippen MR) is 143 cm³/mol. The van der Waals surface area contributed by atoms with Crippen molar-refractivity contribution in [3.63, 3.8) is 0 Å². The molecule has 0 saturated heterocycles. The summed E-state index contributed by atoms with van der Waals surface area (Å²) >= 11 is 1.52. The maximum absolute atomic E-state index is 13.9. The lowest BCUT2D eigenvalue weighted by atomic mass is 10.1. The molecule has 0 spiro atoms. The van der Waals surface area contributed by atoms with Crippen LogP contribution < -0.4 is 14.5 Å². The number of aryl methyl sites for hydroxylation is 1. The van der Waals surface area contributed by atoms with Crippen molar-refractivity contribution in [1.29, 1.82) is 0 Å². The van der Waals surface area contributed by atoms with Gasteiger partial charge in [0, 0.05) is 11.3 Å². The SMILES string of the molecule is COc1ccc(C)cc1N(C(=O)c1ccc(N2C(=O)c3ccccc3C2=O)cc1)C1=NC(C)(C)CS1. The molecule has 8 heteroatoms. The molecule has 0 aromatic heterocycles. The number of imide groups is 1. The van der Waals surface area contributed by atoms with E-state index in [0.29, 0.717) is 39.0 Å². The Balaban J connectivity index is 1.51. The van der Waals surface area contributed by atoms with Gasteiger partial charge in [0.2, 0.25) is 0 Å². The summed E-state index contributed by atoms with van der Waals surface area (Å²) in [4.78, 5) is 47.1. The van der Waals surface area contributed by atoms with Crippen LogP contribution >= 0.6 is 11.8 Å². The molecule has 2 aliphatic rings. The lowest BCUT2D eigenvalue weighted by Crippen LogP contribution is -2.35. The molecule has 0 saturated carbocycles. The third-order valence-electron chi connectivity index (χ3n) is 6.09. The summed E-state index contributed by atoms with van der Waals surface area (Å²) < 4.78 is 5.58. The Morgan fingerprint density at radius 2 is 1.64 bits per heavy atom. The average Bonchev–Trinajstić information content (AvgIpc) is 3.35. The van der Waals surface area contributed by atoms with E-state index in [9.17, 15) is 14.4 Å².